The van der Waals surface area contributed by atoms with E-state index in [0.717, 1.165) is 32.4 Å². The molecule has 1 aromatic carbocycles. The van der Waals surface area contributed by atoms with Gasteiger partial charge in [0.2, 0.25) is 0 Å². The van der Waals surface area contributed by atoms with Gasteiger partial charge in [-0.05, 0) is 51.7 Å². The van der Waals surface area contributed by atoms with Crippen molar-refractivity contribution in [2.24, 2.45) is 0 Å². The van der Waals surface area contributed by atoms with Crippen molar-refractivity contribution in [2.75, 3.05) is 18.4 Å². The lowest BCUT2D eigenvalue weighted by Crippen LogP contribution is -2.54. The summed E-state index contributed by atoms with van der Waals surface area (Å²) in [6.07, 6.45) is 2.91. The lowest BCUT2D eigenvalue weighted by molar-refractivity contribution is 0.0158. The number of piperidine rings is 1. The molecular formula is C17H24N2O2. The number of hydrogen-bond acceptors (Lipinski definition) is 3. The number of carbonyl (C=O) groups excluding carboxylic acids is 1. The number of nitrogens with zero attached hydrogens (tertiary/aromatic N) is 1. The highest BCUT2D eigenvalue weighted by Crippen LogP contribution is 2.38. The van der Waals surface area contributed by atoms with Crippen molar-refractivity contribution >= 4 is 11.8 Å². The van der Waals surface area contributed by atoms with Crippen molar-refractivity contribution in [3.63, 3.8) is 0 Å². The number of anilines is 1. The first-order valence-electron chi connectivity index (χ1n) is 7.71. The van der Waals surface area contributed by atoms with Gasteiger partial charge in [0.1, 0.15) is 5.60 Å². The highest BCUT2D eigenvalue weighted by Gasteiger charge is 2.42. The molecule has 2 aliphatic rings. The summed E-state index contributed by atoms with van der Waals surface area (Å²) in [5, 5.41) is 3.65. The first kappa shape index (κ1) is 14.2. The molecule has 4 nitrogen and oxygen atoms in total. The summed E-state index contributed by atoms with van der Waals surface area (Å²) < 4.78 is 5.52. The van der Waals surface area contributed by atoms with Gasteiger partial charge in [-0.25, -0.2) is 4.79 Å². The molecule has 1 amide bonds. The first-order valence-corrected chi connectivity index (χ1v) is 7.71. The van der Waals surface area contributed by atoms with Crippen molar-refractivity contribution in [3.8, 4) is 0 Å². The summed E-state index contributed by atoms with van der Waals surface area (Å²) in [6, 6.07) is 8.42. The number of nitrogens with one attached hydrogen (secondary N) is 1. The Morgan fingerprint density at radius 3 is 2.81 bits per heavy atom. The molecule has 0 radical (unpaired) electrons. The molecule has 1 unspecified atom stereocenters. The maximum Gasteiger partial charge on any atom is 0.410 e. The monoisotopic (exact) mass is 288 g/mol. The second-order valence-corrected chi connectivity index (χ2v) is 7.24. The molecule has 2 aliphatic heterocycles. The number of likely N-dealkylation sites (tertiary alicyclic amines) is 1. The Labute approximate surface area is 126 Å². The van der Waals surface area contributed by atoms with Crippen LogP contribution < -0.4 is 5.32 Å². The topological polar surface area (TPSA) is 41.6 Å². The van der Waals surface area contributed by atoms with Crippen molar-refractivity contribution < 1.29 is 9.53 Å². The summed E-state index contributed by atoms with van der Waals surface area (Å²) in [5.74, 6) is 0. The third-order valence-corrected chi connectivity index (χ3v) is 4.17. The fourth-order valence-electron chi connectivity index (χ4n) is 3.35. The molecule has 1 aromatic rings. The average Bonchev–Trinajstić information content (AvgIpc) is 2.74. The minimum Gasteiger partial charge on any atom is -0.444 e. The molecule has 2 heterocycles. The lowest BCUT2D eigenvalue weighted by Gasteiger charge is -2.41. The van der Waals surface area contributed by atoms with Gasteiger partial charge in [-0.3, -0.25) is 0 Å². The van der Waals surface area contributed by atoms with Gasteiger partial charge in [0, 0.05) is 18.8 Å². The van der Waals surface area contributed by atoms with Crippen LogP contribution in [-0.4, -0.2) is 35.2 Å². The first-order chi connectivity index (χ1) is 9.87. The van der Waals surface area contributed by atoms with Gasteiger partial charge < -0.3 is 15.0 Å². The standard InChI is InChI=1S/C17H24N2O2/c1-16(2,3)21-15(20)19-10-6-9-17(12-19)11-13-7-4-5-8-14(13)18-17/h4-5,7-8,18H,6,9-12H2,1-3H3. The van der Waals surface area contributed by atoms with E-state index in [0.29, 0.717) is 0 Å². The molecule has 1 fully saturated rings. The van der Waals surface area contributed by atoms with E-state index in [-0.39, 0.29) is 11.6 Å². The minimum atomic E-state index is -0.437. The van der Waals surface area contributed by atoms with Crippen LogP contribution in [0.3, 0.4) is 0 Å². The Kier molecular flexibility index (Phi) is 3.34. The fraction of sp³-hybridized carbons (Fsp3) is 0.588. The van der Waals surface area contributed by atoms with Crippen LogP contribution >= 0.6 is 0 Å². The number of ether oxygens (including phenoxy) is 1. The molecule has 1 saturated heterocycles. The molecule has 4 heteroatoms. The van der Waals surface area contributed by atoms with E-state index >= 15 is 0 Å². The van der Waals surface area contributed by atoms with Crippen LogP contribution in [-0.2, 0) is 11.2 Å². The summed E-state index contributed by atoms with van der Waals surface area (Å²) in [6.45, 7) is 7.24. The van der Waals surface area contributed by atoms with Crippen molar-refractivity contribution in [1.82, 2.24) is 4.90 Å². The van der Waals surface area contributed by atoms with E-state index < -0.39 is 5.60 Å². The van der Waals surface area contributed by atoms with E-state index in [9.17, 15) is 4.79 Å². The molecule has 0 saturated carbocycles. The fourth-order valence-corrected chi connectivity index (χ4v) is 3.35. The zero-order valence-electron chi connectivity index (χ0n) is 13.1. The molecule has 3 rings (SSSR count). The summed E-state index contributed by atoms with van der Waals surface area (Å²) in [5.41, 5.74) is 2.11. The highest BCUT2D eigenvalue weighted by molar-refractivity contribution is 5.69. The number of carbonyl (C=O) groups is 1. The number of hydrogen-bond donors (Lipinski definition) is 1. The molecule has 1 spiro atoms. The largest absolute Gasteiger partial charge is 0.444 e. The number of fused-ring (bicyclic) bond motifs is 1. The predicted octanol–water partition coefficient (Wildman–Crippen LogP) is 3.42. The van der Waals surface area contributed by atoms with E-state index in [1.165, 1.54) is 11.3 Å². The highest BCUT2D eigenvalue weighted by atomic mass is 16.6. The maximum absolute atomic E-state index is 12.3. The number of rotatable bonds is 0. The molecule has 1 atom stereocenters. The van der Waals surface area contributed by atoms with Crippen molar-refractivity contribution in [2.45, 2.75) is 51.2 Å². The Morgan fingerprint density at radius 2 is 2.10 bits per heavy atom. The van der Waals surface area contributed by atoms with Crippen LogP contribution in [0.5, 0.6) is 0 Å². The van der Waals surface area contributed by atoms with Gasteiger partial charge in [0.25, 0.3) is 0 Å². The van der Waals surface area contributed by atoms with Crippen LogP contribution in [0.2, 0.25) is 0 Å². The maximum atomic E-state index is 12.3. The van der Waals surface area contributed by atoms with Gasteiger partial charge in [0.05, 0.1) is 5.54 Å². The Bertz CT molecular complexity index is 523. The van der Waals surface area contributed by atoms with Crippen molar-refractivity contribution in [3.05, 3.63) is 29.8 Å². The second-order valence-electron chi connectivity index (χ2n) is 7.24. The van der Waals surface area contributed by atoms with Gasteiger partial charge in [-0.1, -0.05) is 18.2 Å². The Hall–Kier alpha value is -1.71. The zero-order chi connectivity index (χ0) is 15.1. The van der Waals surface area contributed by atoms with Crippen LogP contribution in [0.25, 0.3) is 0 Å². The molecular weight excluding hydrogens is 264 g/mol. The summed E-state index contributed by atoms with van der Waals surface area (Å²) >= 11 is 0. The SMILES string of the molecule is CC(C)(C)OC(=O)N1CCCC2(Cc3ccccc3N2)C1. The average molecular weight is 288 g/mol. The van der Waals surface area contributed by atoms with E-state index in [1.54, 1.807) is 0 Å². The van der Waals surface area contributed by atoms with E-state index in [2.05, 4.69) is 29.6 Å². The van der Waals surface area contributed by atoms with Crippen LogP contribution in [0.1, 0.15) is 39.2 Å². The van der Waals surface area contributed by atoms with E-state index in [1.807, 2.05) is 25.7 Å². The van der Waals surface area contributed by atoms with E-state index in [4.69, 9.17) is 4.74 Å². The van der Waals surface area contributed by atoms with Gasteiger partial charge >= 0.3 is 6.09 Å². The molecule has 0 bridgehead atoms. The number of para-hydroxylation sites is 1. The smallest absolute Gasteiger partial charge is 0.410 e. The second kappa shape index (κ2) is 4.93. The molecule has 114 valence electrons. The molecule has 1 N–H and O–H groups in total. The number of benzene rings is 1. The molecule has 21 heavy (non-hydrogen) atoms. The molecule has 0 aliphatic carbocycles. The summed E-state index contributed by atoms with van der Waals surface area (Å²) in [7, 11) is 0. The quantitative estimate of drug-likeness (QED) is 0.795. The molecule has 0 aromatic heterocycles. The van der Waals surface area contributed by atoms with Gasteiger partial charge in [-0.2, -0.15) is 0 Å². The van der Waals surface area contributed by atoms with Crippen LogP contribution in [0, 0.1) is 0 Å². The Balaban J connectivity index is 1.71. The van der Waals surface area contributed by atoms with Crippen LogP contribution in [0.4, 0.5) is 10.5 Å². The van der Waals surface area contributed by atoms with Crippen LogP contribution in [0.15, 0.2) is 24.3 Å². The van der Waals surface area contributed by atoms with Gasteiger partial charge in [-0.15, -0.1) is 0 Å². The lowest BCUT2D eigenvalue weighted by atomic mass is 9.86. The Morgan fingerprint density at radius 1 is 1.33 bits per heavy atom. The van der Waals surface area contributed by atoms with Gasteiger partial charge in [0.15, 0.2) is 0 Å². The normalized spacial score (nSPS) is 24.6. The zero-order valence-corrected chi connectivity index (χ0v) is 13.1. The number of amides is 1. The van der Waals surface area contributed by atoms with Crippen molar-refractivity contribution in [1.29, 1.82) is 0 Å². The summed E-state index contributed by atoms with van der Waals surface area (Å²) in [4.78, 5) is 14.2. The third-order valence-electron chi connectivity index (χ3n) is 4.17. The third kappa shape index (κ3) is 2.99. The predicted molar refractivity (Wildman–Crippen MR) is 83.5 cm³/mol. The minimum absolute atomic E-state index is 0.0150.